The molecular formula is C17H16ClNO2. The summed E-state index contributed by atoms with van der Waals surface area (Å²) in [6, 6.07) is 14.9. The number of aryl methyl sites for hydroxylation is 1. The highest BCUT2D eigenvalue weighted by Gasteiger charge is 2.01. The Bertz CT molecular complexity index is 649. The van der Waals surface area contributed by atoms with Crippen LogP contribution in [0.1, 0.15) is 17.5 Å². The lowest BCUT2D eigenvalue weighted by Crippen LogP contribution is -2.05. The van der Waals surface area contributed by atoms with Crippen LogP contribution in [0.2, 0.25) is 5.02 Å². The second-order valence-electron chi connectivity index (χ2n) is 4.62. The van der Waals surface area contributed by atoms with Crippen molar-refractivity contribution in [3.63, 3.8) is 0 Å². The molecular weight excluding hydrogens is 286 g/mol. The molecule has 21 heavy (non-hydrogen) atoms. The fourth-order valence-corrected chi connectivity index (χ4v) is 2.10. The first-order valence-corrected chi connectivity index (χ1v) is 7.09. The summed E-state index contributed by atoms with van der Waals surface area (Å²) in [4.78, 5) is 0. The lowest BCUT2D eigenvalue weighted by molar-refractivity contribution is 0.247. The summed E-state index contributed by atoms with van der Waals surface area (Å²) in [6.45, 7) is 3.04. The van der Waals surface area contributed by atoms with Crippen LogP contribution in [0.4, 0.5) is 0 Å². The van der Waals surface area contributed by atoms with Gasteiger partial charge < -0.3 is 9.47 Å². The molecule has 0 spiro atoms. The Kier molecular flexibility index (Phi) is 5.48. The molecule has 0 bridgehead atoms. The van der Waals surface area contributed by atoms with Gasteiger partial charge in [-0.2, -0.15) is 5.26 Å². The van der Waals surface area contributed by atoms with Gasteiger partial charge in [0.05, 0.1) is 29.9 Å². The molecule has 2 rings (SSSR count). The smallest absolute Gasteiger partial charge is 0.137 e. The zero-order valence-electron chi connectivity index (χ0n) is 11.8. The Hall–Kier alpha value is -2.18. The molecule has 0 aliphatic heterocycles. The van der Waals surface area contributed by atoms with Gasteiger partial charge in [0.2, 0.25) is 0 Å². The summed E-state index contributed by atoms with van der Waals surface area (Å²) in [5, 5.41) is 9.43. The molecule has 108 valence electrons. The normalized spacial score (nSPS) is 9.95. The van der Waals surface area contributed by atoms with Crippen molar-refractivity contribution >= 4 is 11.6 Å². The maximum atomic E-state index is 8.81. The van der Waals surface area contributed by atoms with Crippen molar-refractivity contribution in [3.8, 4) is 17.6 Å². The number of benzene rings is 2. The number of halogens is 1. The number of ether oxygens (including phenoxy) is 2. The van der Waals surface area contributed by atoms with Gasteiger partial charge in [-0.1, -0.05) is 23.7 Å². The molecule has 0 aliphatic carbocycles. The zero-order chi connectivity index (χ0) is 15.1. The van der Waals surface area contributed by atoms with E-state index in [1.54, 1.807) is 18.2 Å². The standard InChI is InChI=1S/C17H16ClNO2/c1-13-6-7-17(16(18)10-13)21-9-3-8-20-15-5-2-4-14(11-15)12-19/h2,4-7,10-11H,3,8-9H2,1H3. The van der Waals surface area contributed by atoms with Crippen LogP contribution in [0.3, 0.4) is 0 Å². The van der Waals surface area contributed by atoms with E-state index in [1.807, 2.05) is 31.2 Å². The first-order valence-electron chi connectivity index (χ1n) is 6.71. The van der Waals surface area contributed by atoms with E-state index in [0.29, 0.717) is 35.3 Å². The quantitative estimate of drug-likeness (QED) is 0.744. The summed E-state index contributed by atoms with van der Waals surface area (Å²) in [5.74, 6) is 1.39. The second-order valence-corrected chi connectivity index (χ2v) is 5.03. The van der Waals surface area contributed by atoms with E-state index < -0.39 is 0 Å². The molecule has 0 atom stereocenters. The van der Waals surface area contributed by atoms with Gasteiger partial charge in [-0.3, -0.25) is 0 Å². The minimum absolute atomic E-state index is 0.526. The maximum absolute atomic E-state index is 8.81. The Morgan fingerprint density at radius 2 is 1.90 bits per heavy atom. The summed E-state index contributed by atoms with van der Waals surface area (Å²) >= 11 is 6.08. The van der Waals surface area contributed by atoms with E-state index in [0.717, 1.165) is 12.0 Å². The SMILES string of the molecule is Cc1ccc(OCCCOc2cccc(C#N)c2)c(Cl)c1. The summed E-state index contributed by atoms with van der Waals surface area (Å²) in [6.07, 6.45) is 0.737. The van der Waals surface area contributed by atoms with Crippen molar-refractivity contribution in [1.82, 2.24) is 0 Å². The van der Waals surface area contributed by atoms with Crippen LogP contribution in [0.5, 0.6) is 11.5 Å². The molecule has 0 unspecified atom stereocenters. The van der Waals surface area contributed by atoms with Crippen molar-refractivity contribution in [2.75, 3.05) is 13.2 Å². The van der Waals surface area contributed by atoms with Gasteiger partial charge in [-0.05, 0) is 42.8 Å². The number of hydrogen-bond acceptors (Lipinski definition) is 3. The molecule has 0 aliphatic rings. The zero-order valence-corrected chi connectivity index (χ0v) is 12.6. The highest BCUT2D eigenvalue weighted by molar-refractivity contribution is 6.32. The molecule has 0 aromatic heterocycles. The Labute approximate surface area is 129 Å². The third-order valence-electron chi connectivity index (χ3n) is 2.87. The first kappa shape index (κ1) is 15.2. The molecule has 3 nitrogen and oxygen atoms in total. The molecule has 0 amide bonds. The topological polar surface area (TPSA) is 42.2 Å². The van der Waals surface area contributed by atoms with Gasteiger partial charge in [0.25, 0.3) is 0 Å². The van der Waals surface area contributed by atoms with Gasteiger partial charge in [-0.15, -0.1) is 0 Å². The van der Waals surface area contributed by atoms with Crippen LogP contribution < -0.4 is 9.47 Å². The van der Waals surface area contributed by atoms with Gasteiger partial charge >= 0.3 is 0 Å². The molecule has 0 saturated carbocycles. The van der Waals surface area contributed by atoms with Crippen LogP contribution in [0, 0.1) is 18.3 Å². The predicted molar refractivity (Wildman–Crippen MR) is 83.0 cm³/mol. The monoisotopic (exact) mass is 301 g/mol. The van der Waals surface area contributed by atoms with E-state index in [2.05, 4.69) is 6.07 Å². The van der Waals surface area contributed by atoms with Crippen molar-refractivity contribution in [3.05, 3.63) is 58.6 Å². The Morgan fingerprint density at radius 1 is 1.10 bits per heavy atom. The van der Waals surface area contributed by atoms with Crippen molar-refractivity contribution in [2.24, 2.45) is 0 Å². The van der Waals surface area contributed by atoms with Gasteiger partial charge in [-0.25, -0.2) is 0 Å². The number of nitrogens with zero attached hydrogens (tertiary/aromatic N) is 1. The van der Waals surface area contributed by atoms with Crippen molar-refractivity contribution in [2.45, 2.75) is 13.3 Å². The average Bonchev–Trinajstić information content (AvgIpc) is 2.49. The molecule has 2 aromatic rings. The largest absolute Gasteiger partial charge is 0.493 e. The minimum Gasteiger partial charge on any atom is -0.493 e. The minimum atomic E-state index is 0.526. The highest BCUT2D eigenvalue weighted by atomic mass is 35.5. The van der Waals surface area contributed by atoms with Crippen LogP contribution in [0.25, 0.3) is 0 Å². The number of nitriles is 1. The highest BCUT2D eigenvalue weighted by Crippen LogP contribution is 2.25. The lowest BCUT2D eigenvalue weighted by atomic mass is 10.2. The Morgan fingerprint density at radius 3 is 2.67 bits per heavy atom. The van der Waals surface area contributed by atoms with E-state index in [1.165, 1.54) is 0 Å². The summed E-state index contributed by atoms with van der Waals surface area (Å²) < 4.78 is 11.2. The lowest BCUT2D eigenvalue weighted by Gasteiger charge is -2.09. The summed E-state index contributed by atoms with van der Waals surface area (Å²) in [7, 11) is 0. The van der Waals surface area contributed by atoms with Gasteiger partial charge in [0.1, 0.15) is 11.5 Å². The summed E-state index contributed by atoms with van der Waals surface area (Å²) in [5.41, 5.74) is 1.70. The van der Waals surface area contributed by atoms with Crippen molar-refractivity contribution < 1.29 is 9.47 Å². The molecule has 0 N–H and O–H groups in total. The Balaban J connectivity index is 1.74. The van der Waals surface area contributed by atoms with Crippen LogP contribution >= 0.6 is 11.6 Å². The average molecular weight is 302 g/mol. The molecule has 0 fully saturated rings. The van der Waals surface area contributed by atoms with E-state index >= 15 is 0 Å². The van der Waals surface area contributed by atoms with E-state index in [4.69, 9.17) is 26.3 Å². The fourth-order valence-electron chi connectivity index (χ4n) is 1.81. The molecule has 4 heteroatoms. The predicted octanol–water partition coefficient (Wildman–Crippen LogP) is 4.37. The molecule has 2 aromatic carbocycles. The third kappa shape index (κ3) is 4.70. The van der Waals surface area contributed by atoms with E-state index in [9.17, 15) is 0 Å². The van der Waals surface area contributed by atoms with Crippen LogP contribution in [0.15, 0.2) is 42.5 Å². The van der Waals surface area contributed by atoms with Crippen LogP contribution in [-0.4, -0.2) is 13.2 Å². The fraction of sp³-hybridized carbons (Fsp3) is 0.235. The van der Waals surface area contributed by atoms with E-state index in [-0.39, 0.29) is 0 Å². The van der Waals surface area contributed by atoms with Gasteiger partial charge in [0, 0.05) is 6.42 Å². The molecule has 0 heterocycles. The third-order valence-corrected chi connectivity index (χ3v) is 3.16. The van der Waals surface area contributed by atoms with Gasteiger partial charge in [0.15, 0.2) is 0 Å². The number of rotatable bonds is 6. The van der Waals surface area contributed by atoms with Crippen molar-refractivity contribution in [1.29, 1.82) is 5.26 Å². The number of hydrogen-bond donors (Lipinski definition) is 0. The molecule has 0 radical (unpaired) electrons. The maximum Gasteiger partial charge on any atom is 0.137 e. The van der Waals surface area contributed by atoms with Crippen LogP contribution in [-0.2, 0) is 0 Å². The second kappa shape index (κ2) is 7.56. The first-order chi connectivity index (χ1) is 10.2. The molecule has 0 saturated heterocycles.